The molecule has 0 heterocycles. The van der Waals surface area contributed by atoms with Crippen LogP contribution in [0.15, 0.2) is 42.5 Å². The summed E-state index contributed by atoms with van der Waals surface area (Å²) in [6.07, 6.45) is 2.75. The summed E-state index contributed by atoms with van der Waals surface area (Å²) in [6, 6.07) is 7.92. The van der Waals surface area contributed by atoms with Crippen LogP contribution >= 0.6 is 0 Å². The van der Waals surface area contributed by atoms with Crippen LogP contribution in [0.3, 0.4) is 0 Å². The Hall–Kier alpha value is -3.07. The van der Waals surface area contributed by atoms with Gasteiger partial charge in [0.25, 0.3) is 0 Å². The number of hydrogen-bond donors (Lipinski definition) is 0. The summed E-state index contributed by atoms with van der Waals surface area (Å²) in [6.45, 7) is 2.87. The third kappa shape index (κ3) is 5.61. The van der Waals surface area contributed by atoms with Crippen LogP contribution in [0.4, 0.5) is 0 Å². The summed E-state index contributed by atoms with van der Waals surface area (Å²) in [7, 11) is 0. The predicted octanol–water partition coefficient (Wildman–Crippen LogP) is 0.451. The van der Waals surface area contributed by atoms with Crippen LogP contribution in [-0.4, -0.2) is 25.2 Å². The zero-order chi connectivity index (χ0) is 15.7. The van der Waals surface area contributed by atoms with Gasteiger partial charge in [-0.2, -0.15) is 5.26 Å². The van der Waals surface area contributed by atoms with Crippen LogP contribution in [0, 0.1) is 11.3 Å². The van der Waals surface area contributed by atoms with Gasteiger partial charge in [-0.3, -0.25) is 0 Å². The van der Waals surface area contributed by atoms with Gasteiger partial charge in [0.15, 0.2) is 0 Å². The van der Waals surface area contributed by atoms with Gasteiger partial charge < -0.3 is 19.4 Å². The van der Waals surface area contributed by atoms with Gasteiger partial charge in [0.05, 0.1) is 5.97 Å². The number of rotatable bonds is 7. The SMILES string of the molecule is C=CCOC(=O)/C(C#N)=C/c1ccc(OCC(=O)[O-])cc1. The first-order valence-corrected chi connectivity index (χ1v) is 5.89. The van der Waals surface area contributed by atoms with E-state index >= 15 is 0 Å². The van der Waals surface area contributed by atoms with Crippen molar-refractivity contribution in [2.75, 3.05) is 13.2 Å². The van der Waals surface area contributed by atoms with Gasteiger partial charge >= 0.3 is 5.97 Å². The van der Waals surface area contributed by atoms with Gasteiger partial charge in [-0.15, -0.1) is 0 Å². The molecule has 21 heavy (non-hydrogen) atoms. The van der Waals surface area contributed by atoms with Gasteiger partial charge in [0.2, 0.25) is 0 Å². The lowest BCUT2D eigenvalue weighted by Crippen LogP contribution is -2.28. The van der Waals surface area contributed by atoms with Crippen molar-refractivity contribution in [3.05, 3.63) is 48.1 Å². The summed E-state index contributed by atoms with van der Waals surface area (Å²) in [5, 5.41) is 19.2. The first-order valence-electron chi connectivity index (χ1n) is 5.89. The quantitative estimate of drug-likeness (QED) is 0.312. The number of hydrogen-bond acceptors (Lipinski definition) is 6. The molecule has 0 atom stereocenters. The maximum Gasteiger partial charge on any atom is 0.349 e. The number of aliphatic carboxylic acids is 1. The molecule has 0 spiro atoms. The summed E-state index contributed by atoms with van der Waals surface area (Å²) in [5.41, 5.74) is 0.420. The zero-order valence-corrected chi connectivity index (χ0v) is 11.1. The molecule has 0 aromatic heterocycles. The number of carboxylic acid groups (broad SMARTS) is 1. The van der Waals surface area contributed by atoms with Crippen molar-refractivity contribution in [2.24, 2.45) is 0 Å². The Balaban J connectivity index is 2.78. The maximum absolute atomic E-state index is 11.5. The second-order valence-corrected chi connectivity index (χ2v) is 3.79. The molecular weight excluding hydrogens is 274 g/mol. The van der Waals surface area contributed by atoms with Gasteiger partial charge in [-0.25, -0.2) is 4.79 Å². The van der Waals surface area contributed by atoms with Gasteiger partial charge in [0.1, 0.15) is 30.6 Å². The van der Waals surface area contributed by atoms with Crippen molar-refractivity contribution in [1.82, 2.24) is 0 Å². The molecule has 0 fully saturated rings. The van der Waals surface area contributed by atoms with Gasteiger partial charge in [-0.1, -0.05) is 24.8 Å². The predicted molar refractivity (Wildman–Crippen MR) is 71.7 cm³/mol. The van der Waals surface area contributed by atoms with E-state index in [2.05, 4.69) is 6.58 Å². The van der Waals surface area contributed by atoms with E-state index in [0.717, 1.165) is 0 Å². The Morgan fingerprint density at radius 2 is 2.00 bits per heavy atom. The van der Waals surface area contributed by atoms with E-state index in [0.29, 0.717) is 11.3 Å². The standard InChI is InChI=1S/C15H13NO5/c1-2-7-20-15(19)12(9-16)8-11-3-5-13(6-4-11)21-10-14(17)18/h2-6,8H,1,7,10H2,(H,17,18)/p-1/b12-8+. The lowest BCUT2D eigenvalue weighted by molar-refractivity contribution is -0.307. The van der Waals surface area contributed by atoms with Crippen LogP contribution in [0.2, 0.25) is 0 Å². The van der Waals surface area contributed by atoms with E-state index in [4.69, 9.17) is 14.7 Å². The Morgan fingerprint density at radius 3 is 2.52 bits per heavy atom. The highest BCUT2D eigenvalue weighted by Crippen LogP contribution is 2.15. The fraction of sp³-hybridized carbons (Fsp3) is 0.133. The van der Waals surface area contributed by atoms with Crippen LogP contribution in [0.1, 0.15) is 5.56 Å². The lowest BCUT2D eigenvalue weighted by Gasteiger charge is -2.06. The molecule has 1 aromatic rings. The highest BCUT2D eigenvalue weighted by Gasteiger charge is 2.09. The molecule has 0 aliphatic rings. The van der Waals surface area contributed by atoms with E-state index < -0.39 is 18.5 Å². The number of carbonyl (C=O) groups excluding carboxylic acids is 2. The van der Waals surface area contributed by atoms with Crippen molar-refractivity contribution < 1.29 is 24.2 Å². The van der Waals surface area contributed by atoms with Crippen LogP contribution in [-0.2, 0) is 14.3 Å². The molecule has 1 rings (SSSR count). The smallest absolute Gasteiger partial charge is 0.349 e. The molecule has 0 aliphatic carbocycles. The molecule has 0 amide bonds. The number of nitrogens with zero attached hydrogens (tertiary/aromatic N) is 1. The second-order valence-electron chi connectivity index (χ2n) is 3.79. The minimum atomic E-state index is -1.32. The molecule has 0 N–H and O–H groups in total. The molecule has 0 aliphatic heterocycles. The molecule has 6 nitrogen and oxygen atoms in total. The van der Waals surface area contributed by atoms with Gasteiger partial charge in [0, 0.05) is 0 Å². The molecule has 0 saturated carbocycles. The summed E-state index contributed by atoms with van der Waals surface area (Å²) in [5.74, 6) is -1.73. The average Bonchev–Trinajstić information content (AvgIpc) is 2.49. The minimum Gasteiger partial charge on any atom is -0.546 e. The lowest BCUT2D eigenvalue weighted by atomic mass is 10.1. The van der Waals surface area contributed by atoms with Crippen molar-refractivity contribution in [3.63, 3.8) is 0 Å². The molecule has 0 unspecified atom stereocenters. The van der Waals surface area contributed by atoms with Crippen molar-refractivity contribution in [2.45, 2.75) is 0 Å². The average molecular weight is 286 g/mol. The van der Waals surface area contributed by atoms with E-state index in [1.54, 1.807) is 18.2 Å². The van der Waals surface area contributed by atoms with Crippen molar-refractivity contribution in [1.29, 1.82) is 5.26 Å². The Bertz CT molecular complexity index is 595. The zero-order valence-electron chi connectivity index (χ0n) is 11.1. The number of nitriles is 1. The molecule has 0 bridgehead atoms. The molecular formula is C15H12NO5-. The van der Waals surface area contributed by atoms with E-state index in [1.165, 1.54) is 24.3 Å². The number of benzene rings is 1. The Kier molecular flexibility index (Phi) is 6.22. The van der Waals surface area contributed by atoms with Crippen LogP contribution in [0.5, 0.6) is 5.75 Å². The van der Waals surface area contributed by atoms with E-state index in [9.17, 15) is 14.7 Å². The second kappa shape index (κ2) is 8.17. The summed E-state index contributed by atoms with van der Waals surface area (Å²) >= 11 is 0. The first kappa shape index (κ1) is 16.0. The minimum absolute atomic E-state index is 0.0217. The number of ether oxygens (including phenoxy) is 2. The Labute approximate surface area is 121 Å². The monoisotopic (exact) mass is 286 g/mol. The number of esters is 1. The fourth-order valence-corrected chi connectivity index (χ4v) is 1.32. The third-order valence-corrected chi connectivity index (χ3v) is 2.22. The Morgan fingerprint density at radius 1 is 1.33 bits per heavy atom. The molecule has 108 valence electrons. The third-order valence-electron chi connectivity index (χ3n) is 2.22. The highest BCUT2D eigenvalue weighted by atomic mass is 16.5. The normalized spacial score (nSPS) is 10.3. The maximum atomic E-state index is 11.5. The molecule has 1 aromatic carbocycles. The number of carboxylic acids is 1. The summed E-state index contributed by atoms with van der Waals surface area (Å²) < 4.78 is 9.66. The topological polar surface area (TPSA) is 99.5 Å². The molecule has 0 saturated heterocycles. The highest BCUT2D eigenvalue weighted by molar-refractivity contribution is 5.97. The fourth-order valence-electron chi connectivity index (χ4n) is 1.32. The first-order chi connectivity index (χ1) is 10.1. The van der Waals surface area contributed by atoms with Crippen LogP contribution < -0.4 is 9.84 Å². The molecule has 6 heteroatoms. The largest absolute Gasteiger partial charge is 0.546 e. The van der Waals surface area contributed by atoms with E-state index in [1.807, 2.05) is 0 Å². The summed E-state index contributed by atoms with van der Waals surface area (Å²) in [4.78, 5) is 21.8. The van der Waals surface area contributed by atoms with Crippen molar-refractivity contribution in [3.8, 4) is 11.8 Å². The molecule has 0 radical (unpaired) electrons. The van der Waals surface area contributed by atoms with E-state index in [-0.39, 0.29) is 12.2 Å². The van der Waals surface area contributed by atoms with Crippen molar-refractivity contribution >= 4 is 18.0 Å². The van der Waals surface area contributed by atoms with Gasteiger partial charge in [-0.05, 0) is 23.8 Å². The number of carbonyl (C=O) groups is 2. The van der Waals surface area contributed by atoms with Crippen LogP contribution in [0.25, 0.3) is 6.08 Å².